The molecular weight excluding hydrogens is 415 g/mol. The molecule has 1 unspecified atom stereocenters. The van der Waals surface area contributed by atoms with Gasteiger partial charge in [-0.2, -0.15) is 9.78 Å². The second-order valence-electron chi connectivity index (χ2n) is 8.12. The van der Waals surface area contributed by atoms with E-state index in [1.165, 1.54) is 33.8 Å². The fraction of sp³-hybridized carbons (Fsp3) is 0.318. The van der Waals surface area contributed by atoms with Crippen molar-refractivity contribution in [1.29, 1.82) is 0 Å². The van der Waals surface area contributed by atoms with Gasteiger partial charge in [0.2, 0.25) is 17.8 Å². The predicted octanol–water partition coefficient (Wildman–Crippen LogP) is 1.88. The summed E-state index contributed by atoms with van der Waals surface area (Å²) in [5.74, 6) is -0.908. The molecule has 0 bridgehead atoms. The van der Waals surface area contributed by atoms with Crippen LogP contribution in [0, 0.1) is 18.7 Å². The molecule has 9 nitrogen and oxygen atoms in total. The Morgan fingerprint density at radius 1 is 1.22 bits per heavy atom. The van der Waals surface area contributed by atoms with Gasteiger partial charge in [-0.15, -0.1) is 0 Å². The van der Waals surface area contributed by atoms with Crippen LogP contribution in [0.4, 0.5) is 15.9 Å². The first-order valence-corrected chi connectivity index (χ1v) is 10.4. The lowest BCUT2D eigenvalue weighted by atomic mass is 10.1. The standard InChI is InChI=1S/C22H21FN6O3/c1-12-9-18(29(27-12)22-24-17-4-2-3-16(17)21(32)26-22)25-20(31)13-10-19(30)28(11-13)15-7-5-14(23)6-8-15/h5-9,13H,2-4,10-11H2,1H3,(H,25,31)(H,24,26,32). The van der Waals surface area contributed by atoms with Crippen LogP contribution in [0.1, 0.15) is 29.8 Å². The second kappa shape index (κ2) is 7.70. The number of rotatable bonds is 4. The van der Waals surface area contributed by atoms with Crippen LogP contribution in [0.3, 0.4) is 0 Å². The van der Waals surface area contributed by atoms with E-state index in [1.807, 2.05) is 0 Å². The second-order valence-corrected chi connectivity index (χ2v) is 8.12. The molecule has 1 aromatic carbocycles. The van der Waals surface area contributed by atoms with Gasteiger partial charge >= 0.3 is 0 Å². The summed E-state index contributed by atoms with van der Waals surface area (Å²) >= 11 is 0. The highest BCUT2D eigenvalue weighted by Gasteiger charge is 2.35. The summed E-state index contributed by atoms with van der Waals surface area (Å²) in [5, 5.41) is 7.19. The molecule has 0 saturated carbocycles. The van der Waals surface area contributed by atoms with Crippen LogP contribution in [0.15, 0.2) is 35.1 Å². The Bertz CT molecular complexity index is 1280. The number of H-pyrrole nitrogens is 1. The Morgan fingerprint density at radius 3 is 2.78 bits per heavy atom. The van der Waals surface area contributed by atoms with Gasteiger partial charge in [0.05, 0.1) is 17.3 Å². The van der Waals surface area contributed by atoms with E-state index < -0.39 is 11.7 Å². The number of hydrogen-bond donors (Lipinski definition) is 2. The van der Waals surface area contributed by atoms with Crippen molar-refractivity contribution in [2.45, 2.75) is 32.6 Å². The Morgan fingerprint density at radius 2 is 2.00 bits per heavy atom. The van der Waals surface area contributed by atoms with Crippen molar-refractivity contribution >= 4 is 23.3 Å². The monoisotopic (exact) mass is 436 g/mol. The first-order valence-electron chi connectivity index (χ1n) is 10.4. The minimum atomic E-state index is -0.580. The molecule has 2 aromatic heterocycles. The maximum atomic E-state index is 13.2. The molecule has 5 rings (SSSR count). The molecule has 1 aliphatic carbocycles. The first-order chi connectivity index (χ1) is 15.4. The maximum Gasteiger partial charge on any atom is 0.255 e. The fourth-order valence-corrected chi connectivity index (χ4v) is 4.26. The zero-order chi connectivity index (χ0) is 22.4. The Hall–Kier alpha value is -3.82. The Balaban J connectivity index is 1.37. The Kier molecular flexibility index (Phi) is 4.84. The third-order valence-electron chi connectivity index (χ3n) is 5.85. The predicted molar refractivity (Wildman–Crippen MR) is 114 cm³/mol. The molecule has 2 N–H and O–H groups in total. The molecule has 2 amide bonds. The van der Waals surface area contributed by atoms with E-state index >= 15 is 0 Å². The molecular formula is C22H21FN6O3. The molecule has 1 atom stereocenters. The number of nitrogens with zero attached hydrogens (tertiary/aromatic N) is 4. The molecule has 2 aliphatic rings. The van der Waals surface area contributed by atoms with E-state index in [2.05, 4.69) is 20.4 Å². The number of anilines is 2. The summed E-state index contributed by atoms with van der Waals surface area (Å²) in [5.41, 5.74) is 2.45. The van der Waals surface area contributed by atoms with Gasteiger partial charge in [0, 0.05) is 30.3 Å². The fourth-order valence-electron chi connectivity index (χ4n) is 4.26. The van der Waals surface area contributed by atoms with Crippen LogP contribution in [-0.4, -0.2) is 38.1 Å². The molecule has 1 fully saturated rings. The number of aryl methyl sites for hydroxylation is 2. The molecule has 3 aromatic rings. The number of amides is 2. The number of aromatic amines is 1. The van der Waals surface area contributed by atoms with Crippen molar-refractivity contribution < 1.29 is 14.0 Å². The van der Waals surface area contributed by atoms with Crippen LogP contribution in [0.2, 0.25) is 0 Å². The van der Waals surface area contributed by atoms with Crippen LogP contribution in [0.5, 0.6) is 0 Å². The van der Waals surface area contributed by atoms with E-state index in [-0.39, 0.29) is 36.3 Å². The number of hydrogen-bond acceptors (Lipinski definition) is 5. The minimum Gasteiger partial charge on any atom is -0.312 e. The summed E-state index contributed by atoms with van der Waals surface area (Å²) in [4.78, 5) is 46.6. The number of carbonyl (C=O) groups excluding carboxylic acids is 2. The quantitative estimate of drug-likeness (QED) is 0.649. The SMILES string of the molecule is Cc1cc(NC(=O)C2CC(=O)N(c3ccc(F)cc3)C2)n(-c2nc3c(c(=O)[nH]2)CCC3)n1. The van der Waals surface area contributed by atoms with Crippen LogP contribution in [-0.2, 0) is 22.4 Å². The highest BCUT2D eigenvalue weighted by molar-refractivity contribution is 6.03. The zero-order valence-corrected chi connectivity index (χ0v) is 17.4. The lowest BCUT2D eigenvalue weighted by Crippen LogP contribution is -2.29. The van der Waals surface area contributed by atoms with Crippen LogP contribution in [0.25, 0.3) is 5.95 Å². The molecule has 1 aliphatic heterocycles. The normalized spacial score (nSPS) is 17.6. The summed E-state index contributed by atoms with van der Waals surface area (Å²) in [6.07, 6.45) is 2.37. The topological polar surface area (TPSA) is 113 Å². The van der Waals surface area contributed by atoms with Crippen molar-refractivity contribution in [3.63, 3.8) is 0 Å². The lowest BCUT2D eigenvalue weighted by Gasteiger charge is -2.16. The summed E-state index contributed by atoms with van der Waals surface area (Å²) < 4.78 is 14.6. The van der Waals surface area contributed by atoms with Gasteiger partial charge in [-0.05, 0) is 50.5 Å². The van der Waals surface area contributed by atoms with E-state index in [0.29, 0.717) is 29.2 Å². The van der Waals surface area contributed by atoms with Crippen molar-refractivity contribution in [1.82, 2.24) is 19.7 Å². The smallest absolute Gasteiger partial charge is 0.255 e. The van der Waals surface area contributed by atoms with Gasteiger partial charge in [-0.1, -0.05) is 0 Å². The molecule has 164 valence electrons. The van der Waals surface area contributed by atoms with Crippen LogP contribution < -0.4 is 15.8 Å². The van der Waals surface area contributed by atoms with Crippen LogP contribution >= 0.6 is 0 Å². The molecule has 0 radical (unpaired) electrons. The molecule has 3 heterocycles. The van der Waals surface area contributed by atoms with E-state index in [1.54, 1.807) is 13.0 Å². The average molecular weight is 436 g/mol. The van der Waals surface area contributed by atoms with Gasteiger partial charge < -0.3 is 10.2 Å². The third kappa shape index (κ3) is 3.57. The average Bonchev–Trinajstić information content (AvgIpc) is 3.47. The van der Waals surface area contributed by atoms with Gasteiger partial charge in [0.15, 0.2) is 0 Å². The highest BCUT2D eigenvalue weighted by Crippen LogP contribution is 2.27. The Labute approximate surface area is 182 Å². The number of aromatic nitrogens is 4. The van der Waals surface area contributed by atoms with Gasteiger partial charge in [0.25, 0.3) is 5.56 Å². The largest absolute Gasteiger partial charge is 0.312 e. The summed E-state index contributed by atoms with van der Waals surface area (Å²) in [6, 6.07) is 7.27. The van der Waals surface area contributed by atoms with Gasteiger partial charge in [-0.25, -0.2) is 9.37 Å². The van der Waals surface area contributed by atoms with E-state index in [0.717, 1.165) is 18.5 Å². The van der Waals surface area contributed by atoms with Gasteiger partial charge in [0.1, 0.15) is 11.6 Å². The highest BCUT2D eigenvalue weighted by atomic mass is 19.1. The van der Waals surface area contributed by atoms with E-state index in [4.69, 9.17) is 0 Å². The maximum absolute atomic E-state index is 13.2. The lowest BCUT2D eigenvalue weighted by molar-refractivity contribution is -0.122. The number of fused-ring (bicyclic) bond motifs is 1. The summed E-state index contributed by atoms with van der Waals surface area (Å²) in [7, 11) is 0. The van der Waals surface area contributed by atoms with Crippen molar-refractivity contribution in [3.8, 4) is 5.95 Å². The molecule has 1 saturated heterocycles. The number of benzene rings is 1. The first kappa shape index (κ1) is 20.1. The number of nitrogens with one attached hydrogen (secondary N) is 2. The van der Waals surface area contributed by atoms with Crippen molar-refractivity contribution in [2.75, 3.05) is 16.8 Å². The molecule has 0 spiro atoms. The zero-order valence-electron chi connectivity index (χ0n) is 17.4. The number of carbonyl (C=O) groups is 2. The van der Waals surface area contributed by atoms with Gasteiger partial charge in [-0.3, -0.25) is 19.4 Å². The molecule has 10 heteroatoms. The van der Waals surface area contributed by atoms with Crippen molar-refractivity contribution in [3.05, 3.63) is 63.5 Å². The van der Waals surface area contributed by atoms with Crippen molar-refractivity contribution in [2.24, 2.45) is 5.92 Å². The van der Waals surface area contributed by atoms with E-state index in [9.17, 15) is 18.8 Å². The summed E-state index contributed by atoms with van der Waals surface area (Å²) in [6.45, 7) is 1.96. The number of halogens is 1. The molecule has 32 heavy (non-hydrogen) atoms. The third-order valence-corrected chi connectivity index (χ3v) is 5.85. The minimum absolute atomic E-state index is 0.0459.